The van der Waals surface area contributed by atoms with E-state index in [1.165, 1.54) is 29.5 Å². The molecule has 21 heavy (non-hydrogen) atoms. The highest BCUT2D eigenvalue weighted by molar-refractivity contribution is 7.13. The van der Waals surface area contributed by atoms with E-state index in [0.29, 0.717) is 22.0 Å². The predicted molar refractivity (Wildman–Crippen MR) is 77.2 cm³/mol. The lowest BCUT2D eigenvalue weighted by Crippen LogP contribution is -1.91. The van der Waals surface area contributed by atoms with Crippen molar-refractivity contribution in [1.29, 1.82) is 0 Å². The second kappa shape index (κ2) is 5.31. The minimum absolute atomic E-state index is 0.0494. The van der Waals surface area contributed by atoms with Gasteiger partial charge in [-0.3, -0.25) is 0 Å². The molecular weight excluding hydrogens is 317 g/mol. The maximum Gasteiger partial charge on any atom is 0.338 e. The van der Waals surface area contributed by atoms with Crippen molar-refractivity contribution in [2.75, 3.05) is 0 Å². The Hall–Kier alpha value is -2.18. The summed E-state index contributed by atoms with van der Waals surface area (Å²) in [6, 6.07) is 5.54. The number of nitrogens with zero attached hydrogens (tertiary/aromatic N) is 1. The quantitative estimate of drug-likeness (QED) is 0.767. The molecule has 0 aliphatic heterocycles. The van der Waals surface area contributed by atoms with Gasteiger partial charge in [-0.25, -0.2) is 14.2 Å². The monoisotopic (exact) mass is 323 g/mol. The lowest BCUT2D eigenvalue weighted by atomic mass is 10.2. The number of thiazole rings is 1. The van der Waals surface area contributed by atoms with Crippen LogP contribution < -0.4 is 0 Å². The van der Waals surface area contributed by atoms with E-state index in [2.05, 4.69) is 4.98 Å². The number of rotatable bonds is 3. The second-order valence-electron chi connectivity index (χ2n) is 4.20. The molecule has 1 N–H and O–H groups in total. The Labute approximate surface area is 127 Å². The molecule has 0 radical (unpaired) electrons. The van der Waals surface area contributed by atoms with E-state index in [9.17, 15) is 9.18 Å². The summed E-state index contributed by atoms with van der Waals surface area (Å²) >= 11 is 7.10. The van der Waals surface area contributed by atoms with Crippen molar-refractivity contribution >= 4 is 28.9 Å². The van der Waals surface area contributed by atoms with E-state index >= 15 is 0 Å². The summed E-state index contributed by atoms with van der Waals surface area (Å²) in [6.45, 7) is 0. The molecule has 2 aromatic heterocycles. The molecule has 0 atom stereocenters. The third-order valence-electron chi connectivity index (χ3n) is 2.71. The lowest BCUT2D eigenvalue weighted by molar-refractivity contribution is 0.0696. The standard InChI is InChI=1S/C14H7ClFNO3S/c15-9-1-7(2-10(16)4-9)13-17-11(6-21-13)12-3-8(5-20-12)14(18)19/h1-6H,(H,18,19). The summed E-state index contributed by atoms with van der Waals surface area (Å²) in [5.41, 5.74) is 1.09. The first kappa shape index (κ1) is 13.8. The third kappa shape index (κ3) is 2.81. The summed E-state index contributed by atoms with van der Waals surface area (Å²) < 4.78 is 18.5. The SMILES string of the molecule is O=C(O)c1coc(-c2csc(-c3cc(F)cc(Cl)c3)n2)c1. The molecule has 1 aromatic carbocycles. The molecule has 0 spiro atoms. The second-order valence-corrected chi connectivity index (χ2v) is 5.50. The van der Waals surface area contributed by atoms with Crippen LogP contribution in [0.3, 0.4) is 0 Å². The smallest absolute Gasteiger partial charge is 0.338 e. The first-order chi connectivity index (χ1) is 10.0. The van der Waals surface area contributed by atoms with E-state index in [1.54, 1.807) is 11.4 Å². The van der Waals surface area contributed by atoms with E-state index in [4.69, 9.17) is 21.1 Å². The van der Waals surface area contributed by atoms with Gasteiger partial charge in [0.1, 0.15) is 22.8 Å². The zero-order valence-corrected chi connectivity index (χ0v) is 11.9. The number of hydrogen-bond donors (Lipinski definition) is 1. The van der Waals surface area contributed by atoms with Crippen LogP contribution in [0.15, 0.2) is 40.3 Å². The van der Waals surface area contributed by atoms with Crippen LogP contribution in [0.1, 0.15) is 10.4 Å². The molecule has 0 fully saturated rings. The summed E-state index contributed by atoms with van der Waals surface area (Å²) in [5.74, 6) is -1.17. The fourth-order valence-electron chi connectivity index (χ4n) is 1.78. The lowest BCUT2D eigenvalue weighted by Gasteiger charge is -1.98. The molecule has 106 valence electrons. The number of furan rings is 1. The van der Waals surface area contributed by atoms with Gasteiger partial charge in [0.2, 0.25) is 0 Å². The van der Waals surface area contributed by atoms with Gasteiger partial charge in [0.05, 0.1) is 5.56 Å². The van der Waals surface area contributed by atoms with Crippen molar-refractivity contribution in [2.45, 2.75) is 0 Å². The van der Waals surface area contributed by atoms with Crippen LogP contribution in [0.4, 0.5) is 4.39 Å². The fraction of sp³-hybridized carbons (Fsp3) is 0. The van der Waals surface area contributed by atoms with Gasteiger partial charge in [-0.2, -0.15) is 0 Å². The number of benzene rings is 1. The number of carboxylic acids is 1. The van der Waals surface area contributed by atoms with Gasteiger partial charge in [0.25, 0.3) is 0 Å². The highest BCUT2D eigenvalue weighted by Gasteiger charge is 2.14. The molecular formula is C14H7ClFNO3S. The highest BCUT2D eigenvalue weighted by Crippen LogP contribution is 2.31. The molecule has 0 unspecified atom stereocenters. The van der Waals surface area contributed by atoms with Crippen molar-refractivity contribution in [3.05, 3.63) is 52.3 Å². The number of carboxylic acid groups (broad SMARTS) is 1. The van der Waals surface area contributed by atoms with Crippen molar-refractivity contribution in [2.24, 2.45) is 0 Å². The van der Waals surface area contributed by atoms with Gasteiger partial charge in [0.15, 0.2) is 5.76 Å². The fourth-order valence-corrected chi connectivity index (χ4v) is 2.80. The molecule has 0 aliphatic carbocycles. The van der Waals surface area contributed by atoms with E-state index in [1.807, 2.05) is 0 Å². The Morgan fingerprint density at radius 1 is 1.33 bits per heavy atom. The molecule has 3 rings (SSSR count). The zero-order chi connectivity index (χ0) is 15.0. The minimum atomic E-state index is -1.07. The summed E-state index contributed by atoms with van der Waals surface area (Å²) in [6.07, 6.45) is 1.15. The largest absolute Gasteiger partial charge is 0.478 e. The predicted octanol–water partition coefficient (Wildman–Crippen LogP) is 4.56. The Balaban J connectivity index is 1.97. The van der Waals surface area contributed by atoms with E-state index in [0.717, 1.165) is 6.26 Å². The molecule has 0 aliphatic rings. The molecule has 0 bridgehead atoms. The minimum Gasteiger partial charge on any atom is -0.478 e. The molecule has 0 saturated carbocycles. The first-order valence-electron chi connectivity index (χ1n) is 5.77. The average Bonchev–Trinajstić information content (AvgIpc) is 3.07. The van der Waals surface area contributed by atoms with Crippen molar-refractivity contribution in [3.63, 3.8) is 0 Å². The summed E-state index contributed by atoms with van der Waals surface area (Å²) in [5, 5.41) is 11.4. The summed E-state index contributed by atoms with van der Waals surface area (Å²) in [7, 11) is 0. The van der Waals surface area contributed by atoms with E-state index < -0.39 is 11.8 Å². The molecule has 7 heteroatoms. The Morgan fingerprint density at radius 2 is 2.14 bits per heavy atom. The molecule has 0 amide bonds. The number of hydrogen-bond acceptors (Lipinski definition) is 4. The topological polar surface area (TPSA) is 63.3 Å². The number of halogens is 2. The van der Waals surface area contributed by atoms with E-state index in [-0.39, 0.29) is 10.6 Å². The maximum atomic E-state index is 13.3. The third-order valence-corrected chi connectivity index (χ3v) is 3.82. The Morgan fingerprint density at radius 3 is 2.81 bits per heavy atom. The molecule has 2 heterocycles. The van der Waals surface area contributed by atoms with Crippen LogP contribution in [-0.2, 0) is 0 Å². The maximum absolute atomic E-state index is 13.3. The van der Waals surface area contributed by atoms with Crippen LogP contribution in [0.2, 0.25) is 5.02 Å². The Bertz CT molecular complexity index is 807. The zero-order valence-electron chi connectivity index (χ0n) is 10.3. The molecule has 4 nitrogen and oxygen atoms in total. The van der Waals surface area contributed by atoms with Crippen LogP contribution >= 0.6 is 22.9 Å². The van der Waals surface area contributed by atoms with Gasteiger partial charge in [-0.05, 0) is 18.2 Å². The van der Waals surface area contributed by atoms with Crippen molar-refractivity contribution < 1.29 is 18.7 Å². The van der Waals surface area contributed by atoms with Crippen LogP contribution in [0.5, 0.6) is 0 Å². The molecule has 0 saturated heterocycles. The van der Waals surface area contributed by atoms with Gasteiger partial charge < -0.3 is 9.52 Å². The van der Waals surface area contributed by atoms with Gasteiger partial charge in [-0.1, -0.05) is 11.6 Å². The van der Waals surface area contributed by atoms with Crippen LogP contribution in [0, 0.1) is 5.82 Å². The Kier molecular flexibility index (Phi) is 3.48. The first-order valence-corrected chi connectivity index (χ1v) is 7.03. The van der Waals surface area contributed by atoms with Gasteiger partial charge in [0, 0.05) is 22.0 Å². The van der Waals surface area contributed by atoms with Crippen molar-refractivity contribution in [3.8, 4) is 22.0 Å². The average molecular weight is 324 g/mol. The number of aromatic carboxylic acids is 1. The number of aromatic nitrogens is 1. The normalized spacial score (nSPS) is 10.8. The van der Waals surface area contributed by atoms with Gasteiger partial charge >= 0.3 is 5.97 Å². The number of carbonyl (C=O) groups is 1. The summed E-state index contributed by atoms with van der Waals surface area (Å²) in [4.78, 5) is 15.1. The molecule has 3 aromatic rings. The highest BCUT2D eigenvalue weighted by atomic mass is 35.5. The van der Waals surface area contributed by atoms with Gasteiger partial charge in [-0.15, -0.1) is 11.3 Å². The van der Waals surface area contributed by atoms with Crippen LogP contribution in [0.25, 0.3) is 22.0 Å². The van der Waals surface area contributed by atoms with Crippen LogP contribution in [-0.4, -0.2) is 16.1 Å². The van der Waals surface area contributed by atoms with Crippen molar-refractivity contribution in [1.82, 2.24) is 4.98 Å².